The third kappa shape index (κ3) is 8.10. The largest absolute Gasteiger partial charge is 0.391 e. The molecule has 1 aliphatic carbocycles. The van der Waals surface area contributed by atoms with E-state index in [1.54, 1.807) is 50.4 Å². The average Bonchev–Trinajstić information content (AvgIpc) is 2.95. The Morgan fingerprint density at radius 2 is 2.08 bits per heavy atom. The van der Waals surface area contributed by atoms with E-state index in [0.717, 1.165) is 11.8 Å². The molecule has 0 saturated heterocycles. The van der Waals surface area contributed by atoms with Gasteiger partial charge in [0.15, 0.2) is 6.29 Å². The van der Waals surface area contributed by atoms with Crippen molar-refractivity contribution in [3.63, 3.8) is 0 Å². The third-order valence-electron chi connectivity index (χ3n) is 5.92. The number of nitrogens with zero attached hydrogens (tertiary/aromatic N) is 3. The highest BCUT2D eigenvalue weighted by Gasteiger charge is 2.27. The normalized spacial score (nSPS) is 15.2. The van der Waals surface area contributed by atoms with Gasteiger partial charge in [0.1, 0.15) is 11.9 Å². The number of allylic oxidation sites excluding steroid dienone is 8. The number of nitriles is 1. The molecule has 0 spiro atoms. The molecule has 0 saturated carbocycles. The van der Waals surface area contributed by atoms with Crippen molar-refractivity contribution >= 4 is 29.8 Å². The molecule has 0 radical (unpaired) electrons. The molecule has 0 fully saturated rings. The van der Waals surface area contributed by atoms with E-state index in [1.165, 1.54) is 29.0 Å². The highest BCUT2D eigenvalue weighted by Crippen LogP contribution is 2.21. The van der Waals surface area contributed by atoms with E-state index in [2.05, 4.69) is 21.9 Å². The second-order valence-corrected chi connectivity index (χ2v) is 9.04. The molecular weight excluding hydrogens is 533 g/mol. The summed E-state index contributed by atoms with van der Waals surface area (Å²) in [4.78, 5) is 28.0. The molecule has 0 bridgehead atoms. The van der Waals surface area contributed by atoms with Gasteiger partial charge >= 0.3 is 6.03 Å². The third-order valence-corrected chi connectivity index (χ3v) is 6.17. The molecule has 1 aromatic carbocycles. The van der Waals surface area contributed by atoms with Crippen molar-refractivity contribution in [1.29, 1.82) is 10.7 Å². The van der Waals surface area contributed by atoms with Crippen LogP contribution in [0.2, 0.25) is 0 Å². The fraction of sp³-hybridized carbons (Fsp3) is 0.241. The molecule has 0 aromatic heterocycles. The SMILES string of the molecule is C#CC/C(Cl)=C\C(=C/C)N(Cc1ccc(F)c(C#N)c1)C(=O)N(C)C(NC=O)NC1=C/C(=C(\C)NC)C(=N)C=C1. The molecule has 2 rings (SSSR count). The Labute approximate surface area is 238 Å². The van der Waals surface area contributed by atoms with E-state index in [9.17, 15) is 19.2 Å². The Kier molecular flexibility index (Phi) is 11.7. The topological polar surface area (TPSA) is 124 Å². The zero-order valence-electron chi connectivity index (χ0n) is 22.7. The van der Waals surface area contributed by atoms with Gasteiger partial charge in [-0.1, -0.05) is 23.7 Å². The minimum absolute atomic E-state index is 0.0453. The van der Waals surface area contributed by atoms with E-state index in [1.807, 2.05) is 6.92 Å². The number of terminal acetylenes is 1. The number of urea groups is 1. The van der Waals surface area contributed by atoms with Crippen LogP contribution >= 0.6 is 11.6 Å². The lowest BCUT2D eigenvalue weighted by Gasteiger charge is -2.35. The molecular formula is C29H31ClFN7O2. The van der Waals surface area contributed by atoms with Gasteiger partial charge in [-0.05, 0) is 55.8 Å². The molecule has 0 aliphatic heterocycles. The molecule has 1 atom stereocenters. The minimum atomic E-state index is -1.00. The molecule has 1 unspecified atom stereocenters. The first-order chi connectivity index (χ1) is 19.1. The molecule has 40 heavy (non-hydrogen) atoms. The minimum Gasteiger partial charge on any atom is -0.391 e. The lowest BCUT2D eigenvalue weighted by atomic mass is 10.0. The van der Waals surface area contributed by atoms with E-state index in [-0.39, 0.29) is 18.5 Å². The van der Waals surface area contributed by atoms with Crippen molar-refractivity contribution in [2.24, 2.45) is 0 Å². The second-order valence-electron chi connectivity index (χ2n) is 8.56. The molecule has 9 nitrogen and oxygen atoms in total. The van der Waals surface area contributed by atoms with E-state index >= 15 is 0 Å². The maximum Gasteiger partial charge on any atom is 0.327 e. The summed E-state index contributed by atoms with van der Waals surface area (Å²) in [5.41, 5.74) is 2.98. The summed E-state index contributed by atoms with van der Waals surface area (Å²) < 4.78 is 14.0. The number of benzene rings is 1. The molecule has 11 heteroatoms. The van der Waals surface area contributed by atoms with Crippen molar-refractivity contribution < 1.29 is 14.0 Å². The van der Waals surface area contributed by atoms with Crippen LogP contribution in [-0.4, -0.2) is 48.3 Å². The van der Waals surface area contributed by atoms with Crippen LogP contribution in [0.5, 0.6) is 0 Å². The van der Waals surface area contributed by atoms with Crippen LogP contribution in [-0.2, 0) is 11.3 Å². The lowest BCUT2D eigenvalue weighted by Crippen LogP contribution is -2.57. The van der Waals surface area contributed by atoms with Crippen molar-refractivity contribution in [3.8, 4) is 18.4 Å². The van der Waals surface area contributed by atoms with Crippen molar-refractivity contribution in [2.45, 2.75) is 33.1 Å². The number of nitrogens with one attached hydrogen (secondary N) is 4. The van der Waals surface area contributed by atoms with Gasteiger partial charge < -0.3 is 21.4 Å². The molecule has 208 valence electrons. The number of amides is 3. The van der Waals surface area contributed by atoms with Crippen molar-refractivity contribution in [2.75, 3.05) is 14.1 Å². The molecule has 1 aromatic rings. The summed E-state index contributed by atoms with van der Waals surface area (Å²) in [7, 11) is 3.23. The smallest absolute Gasteiger partial charge is 0.327 e. The van der Waals surface area contributed by atoms with Gasteiger partial charge in [0.2, 0.25) is 6.41 Å². The molecule has 0 heterocycles. The van der Waals surface area contributed by atoms with Crippen molar-refractivity contribution in [1.82, 2.24) is 25.8 Å². The number of carbonyl (C=O) groups is 2. The Morgan fingerprint density at radius 1 is 1.35 bits per heavy atom. The predicted octanol–water partition coefficient (Wildman–Crippen LogP) is 4.19. The van der Waals surface area contributed by atoms with Gasteiger partial charge in [-0.15, -0.1) is 12.3 Å². The van der Waals surface area contributed by atoms with Crippen molar-refractivity contribution in [3.05, 3.63) is 93.2 Å². The van der Waals surface area contributed by atoms with Gasteiger partial charge in [-0.25, -0.2) is 9.18 Å². The van der Waals surface area contributed by atoms with Gasteiger partial charge in [0.25, 0.3) is 0 Å². The van der Waals surface area contributed by atoms with Crippen LogP contribution in [0.4, 0.5) is 9.18 Å². The molecule has 4 N–H and O–H groups in total. The van der Waals surface area contributed by atoms with Gasteiger partial charge in [0.05, 0.1) is 17.8 Å². The Hall–Kier alpha value is -4.80. The van der Waals surface area contributed by atoms with E-state index in [0.29, 0.717) is 39.7 Å². The summed E-state index contributed by atoms with van der Waals surface area (Å²) in [6.45, 7) is 3.49. The van der Waals surface area contributed by atoms with Gasteiger partial charge in [0, 0.05) is 48.2 Å². The number of hydrogen-bond acceptors (Lipinski definition) is 6. The monoisotopic (exact) mass is 563 g/mol. The molecule has 1 aliphatic rings. The Morgan fingerprint density at radius 3 is 2.67 bits per heavy atom. The van der Waals surface area contributed by atoms with Crippen LogP contribution < -0.4 is 16.0 Å². The lowest BCUT2D eigenvalue weighted by molar-refractivity contribution is -0.111. The predicted molar refractivity (Wildman–Crippen MR) is 154 cm³/mol. The maximum atomic E-state index is 14.0. The standard InChI is InChI=1S/C29H31ClFN7O2/c1-6-8-22(30)14-24(7-2)38(17-20-9-11-26(31)21(13-20)16-32)29(40)37(5)28(35-18-39)36-23-10-12-27(33)25(15-23)19(3)34-4/h1,7,9-15,18,28,33-34,36H,8,17H2,2-5H3,(H,35,39)/b22-14+,24-7+,25-19-,33-27?. The number of hydrogen-bond donors (Lipinski definition) is 4. The summed E-state index contributed by atoms with van der Waals surface area (Å²) in [5.74, 6) is 1.77. The summed E-state index contributed by atoms with van der Waals surface area (Å²) in [5, 5.41) is 26.4. The fourth-order valence-electron chi connectivity index (χ4n) is 3.69. The summed E-state index contributed by atoms with van der Waals surface area (Å²) in [6.07, 6.45) is 13.2. The maximum absolute atomic E-state index is 14.0. The second kappa shape index (κ2) is 15.0. The zero-order valence-corrected chi connectivity index (χ0v) is 23.4. The highest BCUT2D eigenvalue weighted by atomic mass is 35.5. The number of halogens is 2. The van der Waals surface area contributed by atoms with E-state index in [4.69, 9.17) is 23.4 Å². The number of carbonyl (C=O) groups excluding carboxylic acids is 2. The highest BCUT2D eigenvalue weighted by molar-refractivity contribution is 6.30. The first-order valence-electron chi connectivity index (χ1n) is 12.1. The van der Waals surface area contributed by atoms with Gasteiger partial charge in [-0.3, -0.25) is 14.6 Å². The van der Waals surface area contributed by atoms with Gasteiger partial charge in [-0.2, -0.15) is 5.26 Å². The van der Waals surface area contributed by atoms with Crippen LogP contribution in [0.25, 0.3) is 0 Å². The van der Waals surface area contributed by atoms with Crippen LogP contribution in [0.3, 0.4) is 0 Å². The first kappa shape index (κ1) is 31.4. The number of rotatable bonds is 11. The zero-order chi connectivity index (χ0) is 29.8. The van der Waals surface area contributed by atoms with Crippen LogP contribution in [0, 0.1) is 34.9 Å². The quantitative estimate of drug-likeness (QED) is 0.139. The van der Waals surface area contributed by atoms with Crippen LogP contribution in [0.1, 0.15) is 31.4 Å². The van der Waals surface area contributed by atoms with E-state index < -0.39 is 18.1 Å². The summed E-state index contributed by atoms with van der Waals surface area (Å²) >= 11 is 6.28. The fourth-order valence-corrected chi connectivity index (χ4v) is 3.88. The average molecular weight is 564 g/mol. The Balaban J connectivity index is 2.49. The summed E-state index contributed by atoms with van der Waals surface area (Å²) in [6, 6.07) is 5.24. The molecule has 3 amide bonds. The Bertz CT molecular complexity index is 1400. The first-order valence-corrected chi connectivity index (χ1v) is 12.5. The van der Waals surface area contributed by atoms with Crippen LogP contribution in [0.15, 0.2) is 76.3 Å².